The van der Waals surface area contributed by atoms with Crippen LogP contribution in [-0.2, 0) is 20.3 Å². The van der Waals surface area contributed by atoms with E-state index in [0.717, 1.165) is 59.8 Å². The van der Waals surface area contributed by atoms with Gasteiger partial charge in [0.05, 0.1) is 0 Å². The van der Waals surface area contributed by atoms with E-state index in [1.807, 2.05) is 81.4 Å². The summed E-state index contributed by atoms with van der Waals surface area (Å²) < 4.78 is 9.89. The summed E-state index contributed by atoms with van der Waals surface area (Å²) in [6.07, 6.45) is 5.11. The molecule has 2 aromatic carbocycles. The van der Waals surface area contributed by atoms with Gasteiger partial charge in [0.1, 0.15) is 0 Å². The van der Waals surface area contributed by atoms with Gasteiger partial charge in [-0.25, -0.2) is 0 Å². The van der Waals surface area contributed by atoms with E-state index < -0.39 is 0 Å². The van der Waals surface area contributed by atoms with Crippen molar-refractivity contribution in [2.24, 2.45) is 10.8 Å². The van der Waals surface area contributed by atoms with Crippen LogP contribution in [0.25, 0.3) is 11.1 Å². The minimum absolute atomic E-state index is 0. The summed E-state index contributed by atoms with van der Waals surface area (Å²) in [6, 6.07) is 3.98. The van der Waals surface area contributed by atoms with Gasteiger partial charge in [-0.1, -0.05) is 107 Å². The molecule has 2 aliphatic rings. The molecule has 7 heteroatoms. The Hall–Kier alpha value is -0.0790. The van der Waals surface area contributed by atoms with E-state index in [1.165, 1.54) is 25.7 Å². The van der Waals surface area contributed by atoms with Gasteiger partial charge in [-0.2, -0.15) is 10.8 Å². The fourth-order valence-corrected chi connectivity index (χ4v) is 4.52. The summed E-state index contributed by atoms with van der Waals surface area (Å²) in [5, 5.41) is 26.9. The maximum Gasteiger partial charge on any atom is 2.00 e. The molecule has 266 valence electrons. The predicted molar refractivity (Wildman–Crippen MR) is 203 cm³/mol. The van der Waals surface area contributed by atoms with E-state index in [4.69, 9.17) is 9.47 Å². The molecule has 4 nitrogen and oxygen atoms in total. The van der Waals surface area contributed by atoms with Crippen molar-refractivity contribution >= 4 is 23.1 Å². The van der Waals surface area contributed by atoms with E-state index in [1.54, 1.807) is 0 Å². The summed E-state index contributed by atoms with van der Waals surface area (Å²) in [4.78, 5) is 0. The molecule has 0 saturated carbocycles. The molecule has 2 fully saturated rings. The Morgan fingerprint density at radius 1 is 0.510 bits per heavy atom. The number of hydrogen-bond acceptors (Lipinski definition) is 4. The predicted octanol–water partition coefficient (Wildman–Crippen LogP) is 4.28. The Morgan fingerprint density at radius 2 is 0.714 bits per heavy atom. The normalized spacial score (nSPS) is 14.0. The third-order valence-corrected chi connectivity index (χ3v) is 7.12. The Bertz CT molecular complexity index is 1080. The van der Waals surface area contributed by atoms with Crippen LogP contribution in [0.3, 0.4) is 0 Å². The van der Waals surface area contributed by atoms with Crippen LogP contribution < -0.4 is 47.9 Å². The maximum atomic E-state index is 13.4. The molecule has 0 radical (unpaired) electrons. The van der Waals surface area contributed by atoms with Crippen molar-refractivity contribution < 1.29 is 57.4 Å². The number of rotatable bonds is 1. The van der Waals surface area contributed by atoms with Crippen molar-refractivity contribution in [1.82, 2.24) is 0 Å². The van der Waals surface area contributed by atoms with Gasteiger partial charge in [0.25, 0.3) is 0 Å². The molecule has 2 heterocycles. The van der Waals surface area contributed by atoms with Crippen LogP contribution in [-0.4, -0.2) is 49.5 Å². The average Bonchev–Trinajstić information content (AvgIpc) is 3.61. The average molecular weight is 677 g/mol. The second-order valence-electron chi connectivity index (χ2n) is 17.4. The van der Waals surface area contributed by atoms with Crippen molar-refractivity contribution in [3.05, 3.63) is 59.4 Å². The van der Waals surface area contributed by atoms with Crippen molar-refractivity contribution in [1.29, 1.82) is 0 Å². The zero-order valence-electron chi connectivity index (χ0n) is 35.6. The Balaban J connectivity index is -0.000000356. The van der Waals surface area contributed by atoms with Crippen LogP contribution in [0.4, 0.5) is 0 Å². The Kier molecular flexibility index (Phi) is 27.6. The molecule has 0 aliphatic carbocycles. The fourth-order valence-electron chi connectivity index (χ4n) is 4.52. The fraction of sp³-hybridized carbons (Fsp3) is 0.667. The minimum atomic E-state index is -0.266. The molecular formula is C42H70Li2MgO4. The smallest absolute Gasteiger partial charge is 0.872 e. The van der Waals surface area contributed by atoms with Gasteiger partial charge in [0.2, 0.25) is 0 Å². The number of ether oxygens (including phenoxy) is 2. The third kappa shape index (κ3) is 23.3. The first-order chi connectivity index (χ1) is 20.7. The molecule has 2 aromatic rings. The first kappa shape index (κ1) is 55.7. The van der Waals surface area contributed by atoms with Crippen molar-refractivity contribution in [2.45, 2.75) is 147 Å². The molecule has 0 unspecified atom stereocenters. The van der Waals surface area contributed by atoms with Crippen LogP contribution in [0.5, 0.6) is 11.5 Å². The van der Waals surface area contributed by atoms with E-state index in [-0.39, 0.29) is 93.9 Å². The summed E-state index contributed by atoms with van der Waals surface area (Å²) in [5.74, 6) is -0.0162. The Morgan fingerprint density at radius 3 is 0.857 bits per heavy atom. The molecule has 0 spiro atoms. The van der Waals surface area contributed by atoms with Gasteiger partial charge < -0.3 is 33.5 Å². The summed E-state index contributed by atoms with van der Waals surface area (Å²) in [5.41, 5.74) is 6.63. The molecule has 2 aliphatic heterocycles. The zero-order chi connectivity index (χ0) is 36.3. The van der Waals surface area contributed by atoms with Gasteiger partial charge in [-0.05, 0) is 109 Å². The van der Waals surface area contributed by atoms with Crippen LogP contribution >= 0.6 is 0 Å². The van der Waals surface area contributed by atoms with Crippen molar-refractivity contribution in [3.63, 3.8) is 0 Å². The maximum absolute atomic E-state index is 13.4. The monoisotopic (exact) mass is 677 g/mol. The molecule has 0 N–H and O–H groups in total. The van der Waals surface area contributed by atoms with Gasteiger partial charge in [0.15, 0.2) is 0 Å². The Labute approximate surface area is 344 Å². The van der Waals surface area contributed by atoms with Gasteiger partial charge >= 0.3 is 60.8 Å². The standard InChI is InChI=1S/C24H34O2.2C5H11.2C4H8O.2Li.Mg/c1-13-11-17(23(5,6)7)21(25)19(15(13)3)20-16(4)14(2)12-18(22(20)26)24(8,9)10;2*1-5(2,3)4;2*1-2-4-5-3-1;;;/h11-12,25-26H,1-10H3;2*1H2,2-4H3;2*1-4H2;;;/q;2*-1;;;2*+1;+2/p-2. The second kappa shape index (κ2) is 24.3. The summed E-state index contributed by atoms with van der Waals surface area (Å²) >= 11 is 0. The number of benzene rings is 2. The number of aryl methyl sites for hydroxylation is 2. The first-order valence-corrected chi connectivity index (χ1v) is 17.2. The van der Waals surface area contributed by atoms with E-state index in [9.17, 15) is 10.2 Å². The minimum Gasteiger partial charge on any atom is -0.872 e. The molecule has 0 amide bonds. The molecule has 0 bridgehead atoms. The topological polar surface area (TPSA) is 64.6 Å². The molecule has 2 saturated heterocycles. The largest absolute Gasteiger partial charge is 2.00 e. The van der Waals surface area contributed by atoms with E-state index >= 15 is 0 Å². The third-order valence-electron chi connectivity index (χ3n) is 7.12. The van der Waals surface area contributed by atoms with Crippen LogP contribution in [0.15, 0.2) is 12.1 Å². The van der Waals surface area contributed by atoms with Gasteiger partial charge in [-0.15, -0.1) is 0 Å². The summed E-state index contributed by atoms with van der Waals surface area (Å²) in [7, 11) is 0. The van der Waals surface area contributed by atoms with E-state index in [2.05, 4.69) is 55.4 Å². The molecule has 49 heavy (non-hydrogen) atoms. The van der Waals surface area contributed by atoms with E-state index in [0.29, 0.717) is 11.1 Å². The quantitative estimate of drug-likeness (QED) is 0.334. The van der Waals surface area contributed by atoms with Crippen LogP contribution in [0, 0.1) is 52.4 Å². The molecule has 0 atom stereocenters. The van der Waals surface area contributed by atoms with Gasteiger partial charge in [0, 0.05) is 26.4 Å². The second-order valence-corrected chi connectivity index (χ2v) is 17.4. The molecule has 4 rings (SSSR count). The van der Waals surface area contributed by atoms with Crippen LogP contribution in [0.1, 0.15) is 142 Å². The van der Waals surface area contributed by atoms with Gasteiger partial charge in [-0.3, -0.25) is 0 Å². The summed E-state index contributed by atoms with van der Waals surface area (Å²) in [6.45, 7) is 44.2. The zero-order valence-corrected chi connectivity index (χ0v) is 37.0. The molecule has 0 aromatic heterocycles. The number of hydrogen-bond donors (Lipinski definition) is 0. The van der Waals surface area contributed by atoms with Crippen molar-refractivity contribution in [3.8, 4) is 22.6 Å². The van der Waals surface area contributed by atoms with Crippen molar-refractivity contribution in [2.75, 3.05) is 26.4 Å². The van der Waals surface area contributed by atoms with Crippen LogP contribution in [0.2, 0.25) is 0 Å². The first-order valence-electron chi connectivity index (χ1n) is 17.2. The SMILES string of the molecule is C1CCOC1.C1CCOC1.Cc1cc(C(C)(C)C)c([O-])c(-c2c(C)c(C)cc(C(C)(C)C)c2[O-])c1C.[CH2-]C(C)(C)C.[CH2-]C(C)(C)C.[Li+].[Li+].[Mg+2]. The molecular weight excluding hydrogens is 607 g/mol.